The van der Waals surface area contributed by atoms with Crippen molar-refractivity contribution in [2.24, 2.45) is 5.73 Å². The summed E-state index contributed by atoms with van der Waals surface area (Å²) in [4.78, 5) is 11.7. The Labute approximate surface area is 158 Å². The molecule has 27 heavy (non-hydrogen) atoms. The SMILES string of the molecule is CC#Cc1cc(-c2c(C)cccc2C)c(F)c(C(N)CC(=O)OCC)c1F. The van der Waals surface area contributed by atoms with E-state index in [1.807, 2.05) is 32.0 Å². The van der Waals surface area contributed by atoms with Gasteiger partial charge in [-0.25, -0.2) is 8.78 Å². The van der Waals surface area contributed by atoms with Gasteiger partial charge < -0.3 is 10.5 Å². The van der Waals surface area contributed by atoms with Gasteiger partial charge in [-0.15, -0.1) is 5.92 Å². The highest BCUT2D eigenvalue weighted by molar-refractivity contribution is 5.75. The van der Waals surface area contributed by atoms with Gasteiger partial charge in [0.1, 0.15) is 11.6 Å². The predicted molar refractivity (Wildman–Crippen MR) is 102 cm³/mol. The van der Waals surface area contributed by atoms with Gasteiger partial charge >= 0.3 is 5.97 Å². The van der Waals surface area contributed by atoms with E-state index < -0.39 is 23.6 Å². The molecule has 2 N–H and O–H groups in total. The molecule has 0 fully saturated rings. The van der Waals surface area contributed by atoms with E-state index in [-0.39, 0.29) is 29.7 Å². The van der Waals surface area contributed by atoms with Gasteiger partial charge in [0, 0.05) is 17.2 Å². The van der Waals surface area contributed by atoms with Crippen LogP contribution in [0.4, 0.5) is 8.78 Å². The first-order chi connectivity index (χ1) is 12.8. The first kappa shape index (κ1) is 20.6. The quantitative estimate of drug-likeness (QED) is 0.619. The molecule has 142 valence electrons. The molecule has 0 saturated carbocycles. The predicted octanol–water partition coefficient (Wildman–Crippen LogP) is 4.57. The Morgan fingerprint density at radius 1 is 1.22 bits per heavy atom. The van der Waals surface area contributed by atoms with Gasteiger partial charge in [-0.05, 0) is 50.5 Å². The number of rotatable bonds is 5. The molecule has 0 saturated heterocycles. The van der Waals surface area contributed by atoms with Gasteiger partial charge in [-0.2, -0.15) is 0 Å². The Hall–Kier alpha value is -2.71. The maximum atomic E-state index is 15.4. The normalized spacial score (nSPS) is 11.5. The molecule has 1 unspecified atom stereocenters. The summed E-state index contributed by atoms with van der Waals surface area (Å²) >= 11 is 0. The smallest absolute Gasteiger partial charge is 0.307 e. The highest BCUT2D eigenvalue weighted by Gasteiger charge is 2.26. The van der Waals surface area contributed by atoms with Gasteiger partial charge in [0.15, 0.2) is 0 Å². The molecule has 0 aromatic heterocycles. The second-order valence-electron chi connectivity index (χ2n) is 6.27. The Morgan fingerprint density at radius 2 is 1.85 bits per heavy atom. The van der Waals surface area contributed by atoms with E-state index in [0.717, 1.165) is 11.1 Å². The number of carbonyl (C=O) groups excluding carboxylic acids is 1. The zero-order valence-electron chi connectivity index (χ0n) is 16.0. The summed E-state index contributed by atoms with van der Waals surface area (Å²) in [6.07, 6.45) is -0.323. The number of aryl methyl sites for hydroxylation is 2. The Balaban J connectivity index is 2.71. The van der Waals surface area contributed by atoms with Crippen LogP contribution in [0.15, 0.2) is 24.3 Å². The Morgan fingerprint density at radius 3 is 2.41 bits per heavy atom. The zero-order chi connectivity index (χ0) is 20.1. The minimum Gasteiger partial charge on any atom is -0.466 e. The number of esters is 1. The number of carbonyl (C=O) groups is 1. The van der Waals surface area contributed by atoms with Crippen LogP contribution in [0.2, 0.25) is 0 Å². The van der Waals surface area contributed by atoms with Crippen molar-refractivity contribution in [3.05, 3.63) is 58.2 Å². The first-order valence-corrected chi connectivity index (χ1v) is 8.74. The Kier molecular flexibility index (Phi) is 6.70. The highest BCUT2D eigenvalue weighted by atomic mass is 19.1. The molecular formula is C22H23F2NO2. The van der Waals surface area contributed by atoms with Gasteiger partial charge in [0.25, 0.3) is 0 Å². The molecular weight excluding hydrogens is 348 g/mol. The molecule has 2 aromatic rings. The van der Waals surface area contributed by atoms with E-state index in [1.165, 1.54) is 6.07 Å². The zero-order valence-corrected chi connectivity index (χ0v) is 16.0. The average Bonchev–Trinajstić information content (AvgIpc) is 2.59. The molecule has 2 rings (SSSR count). The summed E-state index contributed by atoms with van der Waals surface area (Å²) in [7, 11) is 0. The summed E-state index contributed by atoms with van der Waals surface area (Å²) in [5.41, 5.74) is 8.27. The fourth-order valence-electron chi connectivity index (χ4n) is 3.13. The Bertz CT molecular complexity index is 906. The van der Waals surface area contributed by atoms with Gasteiger partial charge in [-0.1, -0.05) is 24.1 Å². The van der Waals surface area contributed by atoms with E-state index in [1.54, 1.807) is 13.8 Å². The standard InChI is InChI=1S/C22H23F2NO2/c1-5-8-15-11-16(19-13(3)9-7-10-14(19)4)22(24)20(21(15)23)17(25)12-18(26)27-6-2/h7,9-11,17H,6,12,25H2,1-4H3. The molecule has 2 aromatic carbocycles. The third-order valence-corrected chi connectivity index (χ3v) is 4.31. The summed E-state index contributed by atoms with van der Waals surface area (Å²) < 4.78 is 35.1. The van der Waals surface area contributed by atoms with E-state index in [0.29, 0.717) is 5.56 Å². The minimum absolute atomic E-state index is 0.0471. The van der Waals surface area contributed by atoms with Crippen molar-refractivity contribution in [2.45, 2.75) is 40.2 Å². The van der Waals surface area contributed by atoms with Crippen molar-refractivity contribution in [3.63, 3.8) is 0 Å². The van der Waals surface area contributed by atoms with Gasteiger partial charge in [0.2, 0.25) is 0 Å². The number of halogens is 2. The van der Waals surface area contributed by atoms with Crippen molar-refractivity contribution in [1.82, 2.24) is 0 Å². The number of hydrogen-bond donors (Lipinski definition) is 1. The van der Waals surface area contributed by atoms with Crippen molar-refractivity contribution in [1.29, 1.82) is 0 Å². The number of hydrogen-bond acceptors (Lipinski definition) is 3. The third kappa shape index (κ3) is 4.35. The molecule has 0 aliphatic heterocycles. The molecule has 0 heterocycles. The topological polar surface area (TPSA) is 52.3 Å². The summed E-state index contributed by atoms with van der Waals surface area (Å²) in [6.45, 7) is 7.11. The lowest BCUT2D eigenvalue weighted by Gasteiger charge is -2.19. The molecule has 0 spiro atoms. The molecule has 3 nitrogen and oxygen atoms in total. The molecule has 0 bridgehead atoms. The van der Waals surface area contributed by atoms with Crippen LogP contribution < -0.4 is 5.73 Å². The lowest BCUT2D eigenvalue weighted by Crippen LogP contribution is -2.21. The summed E-state index contributed by atoms with van der Waals surface area (Å²) in [6, 6.07) is 5.81. The van der Waals surface area contributed by atoms with Crippen LogP contribution in [-0.4, -0.2) is 12.6 Å². The maximum Gasteiger partial charge on any atom is 0.307 e. The minimum atomic E-state index is -1.18. The lowest BCUT2D eigenvalue weighted by molar-refractivity contribution is -0.143. The van der Waals surface area contributed by atoms with Crippen LogP contribution in [0.1, 0.15) is 48.6 Å². The first-order valence-electron chi connectivity index (χ1n) is 8.74. The third-order valence-electron chi connectivity index (χ3n) is 4.31. The summed E-state index contributed by atoms with van der Waals surface area (Å²) in [5, 5.41) is 0. The van der Waals surface area contributed by atoms with E-state index in [9.17, 15) is 9.18 Å². The van der Waals surface area contributed by atoms with Crippen LogP contribution in [0, 0.1) is 37.3 Å². The average molecular weight is 371 g/mol. The largest absolute Gasteiger partial charge is 0.466 e. The molecule has 0 amide bonds. The number of benzene rings is 2. The number of ether oxygens (including phenoxy) is 1. The second kappa shape index (κ2) is 8.79. The van der Waals surface area contributed by atoms with E-state index in [2.05, 4.69) is 11.8 Å². The van der Waals surface area contributed by atoms with Crippen molar-refractivity contribution in [2.75, 3.05) is 6.61 Å². The lowest BCUT2D eigenvalue weighted by atomic mass is 9.90. The van der Waals surface area contributed by atoms with Gasteiger partial charge in [-0.3, -0.25) is 4.79 Å². The molecule has 0 aliphatic carbocycles. The second-order valence-corrected chi connectivity index (χ2v) is 6.27. The van der Waals surface area contributed by atoms with Gasteiger partial charge in [0.05, 0.1) is 18.6 Å². The monoisotopic (exact) mass is 371 g/mol. The highest BCUT2D eigenvalue weighted by Crippen LogP contribution is 2.35. The van der Waals surface area contributed by atoms with Crippen LogP contribution in [0.3, 0.4) is 0 Å². The molecule has 5 heteroatoms. The van der Waals surface area contributed by atoms with Crippen LogP contribution in [0.25, 0.3) is 11.1 Å². The van der Waals surface area contributed by atoms with Crippen LogP contribution in [-0.2, 0) is 9.53 Å². The van der Waals surface area contributed by atoms with E-state index >= 15 is 4.39 Å². The van der Waals surface area contributed by atoms with Crippen molar-refractivity contribution >= 4 is 5.97 Å². The van der Waals surface area contributed by atoms with Crippen LogP contribution >= 0.6 is 0 Å². The molecule has 0 radical (unpaired) electrons. The van der Waals surface area contributed by atoms with E-state index in [4.69, 9.17) is 10.5 Å². The molecule has 0 aliphatic rings. The number of nitrogens with two attached hydrogens (primary N) is 1. The maximum absolute atomic E-state index is 15.4. The fraction of sp³-hybridized carbons (Fsp3) is 0.318. The van der Waals surface area contributed by atoms with Crippen molar-refractivity contribution in [3.8, 4) is 23.0 Å². The van der Waals surface area contributed by atoms with Crippen molar-refractivity contribution < 1.29 is 18.3 Å². The summed E-state index contributed by atoms with van der Waals surface area (Å²) in [5.74, 6) is 3.08. The fourth-order valence-corrected chi connectivity index (χ4v) is 3.13. The molecule has 1 atom stereocenters. The van der Waals surface area contributed by atoms with Crippen LogP contribution in [0.5, 0.6) is 0 Å².